The van der Waals surface area contributed by atoms with Crippen LogP contribution in [0.4, 0.5) is 5.69 Å². The van der Waals surface area contributed by atoms with E-state index in [4.69, 9.17) is 5.73 Å². The molecule has 3 heteroatoms. The quantitative estimate of drug-likeness (QED) is 0.763. The molecule has 2 rings (SSSR count). The van der Waals surface area contributed by atoms with E-state index in [1.54, 1.807) is 0 Å². The van der Waals surface area contributed by atoms with Crippen molar-refractivity contribution in [1.29, 1.82) is 0 Å². The summed E-state index contributed by atoms with van der Waals surface area (Å²) in [5.74, 6) is 0. The van der Waals surface area contributed by atoms with Crippen LogP contribution in [0.15, 0.2) is 24.3 Å². The lowest BCUT2D eigenvalue weighted by Crippen LogP contribution is -2.49. The van der Waals surface area contributed by atoms with Gasteiger partial charge in [-0.25, -0.2) is 0 Å². The molecule has 0 amide bonds. The van der Waals surface area contributed by atoms with Crippen molar-refractivity contribution in [2.45, 2.75) is 19.5 Å². The van der Waals surface area contributed by atoms with Crippen LogP contribution in [0.25, 0.3) is 0 Å². The molecule has 1 atom stereocenters. The van der Waals surface area contributed by atoms with Gasteiger partial charge in [0, 0.05) is 37.9 Å². The van der Waals surface area contributed by atoms with E-state index in [1.165, 1.54) is 5.56 Å². The summed E-state index contributed by atoms with van der Waals surface area (Å²) in [6, 6.07) is 8.86. The SMILES string of the molecule is CC1CN(Cc2ccc(N)cc2)CCN1C. The minimum Gasteiger partial charge on any atom is -0.399 e. The van der Waals surface area contributed by atoms with Gasteiger partial charge in [-0.05, 0) is 31.7 Å². The number of nitrogen functional groups attached to an aromatic ring is 1. The van der Waals surface area contributed by atoms with Crippen molar-refractivity contribution in [3.05, 3.63) is 29.8 Å². The van der Waals surface area contributed by atoms with E-state index >= 15 is 0 Å². The third kappa shape index (κ3) is 2.74. The number of rotatable bonds is 2. The molecule has 0 spiro atoms. The zero-order valence-electron chi connectivity index (χ0n) is 10.2. The van der Waals surface area contributed by atoms with Crippen LogP contribution >= 0.6 is 0 Å². The summed E-state index contributed by atoms with van der Waals surface area (Å²) in [6.07, 6.45) is 0. The average Bonchev–Trinajstić information content (AvgIpc) is 2.27. The predicted molar refractivity (Wildman–Crippen MR) is 68.2 cm³/mol. The first-order valence-corrected chi connectivity index (χ1v) is 5.92. The van der Waals surface area contributed by atoms with Gasteiger partial charge < -0.3 is 10.6 Å². The Hall–Kier alpha value is -1.06. The predicted octanol–water partition coefficient (Wildman–Crippen LogP) is 1.40. The lowest BCUT2D eigenvalue weighted by Gasteiger charge is -2.37. The highest BCUT2D eigenvalue weighted by atomic mass is 15.3. The first-order chi connectivity index (χ1) is 7.65. The Balaban J connectivity index is 1.93. The molecular formula is C13H21N3. The summed E-state index contributed by atoms with van der Waals surface area (Å²) in [7, 11) is 2.20. The van der Waals surface area contributed by atoms with Crippen molar-refractivity contribution in [2.24, 2.45) is 0 Å². The fourth-order valence-electron chi connectivity index (χ4n) is 2.15. The van der Waals surface area contributed by atoms with Crippen LogP contribution in [0, 0.1) is 0 Å². The van der Waals surface area contributed by atoms with Crippen LogP contribution in [0.5, 0.6) is 0 Å². The maximum Gasteiger partial charge on any atom is 0.0314 e. The van der Waals surface area contributed by atoms with Crippen LogP contribution < -0.4 is 5.73 Å². The van der Waals surface area contributed by atoms with Gasteiger partial charge >= 0.3 is 0 Å². The Bertz CT molecular complexity index is 334. The van der Waals surface area contributed by atoms with Gasteiger partial charge in [0.05, 0.1) is 0 Å². The van der Waals surface area contributed by atoms with Crippen molar-refractivity contribution in [2.75, 3.05) is 32.4 Å². The summed E-state index contributed by atoms with van der Waals surface area (Å²) in [4.78, 5) is 4.93. The lowest BCUT2D eigenvalue weighted by atomic mass is 10.1. The molecule has 1 aromatic carbocycles. The Morgan fingerprint density at radius 2 is 1.94 bits per heavy atom. The normalized spacial score (nSPS) is 23.5. The number of anilines is 1. The van der Waals surface area contributed by atoms with Gasteiger partial charge in [0.25, 0.3) is 0 Å². The number of benzene rings is 1. The summed E-state index contributed by atoms with van der Waals surface area (Å²) >= 11 is 0. The fraction of sp³-hybridized carbons (Fsp3) is 0.538. The van der Waals surface area contributed by atoms with Gasteiger partial charge in [0.15, 0.2) is 0 Å². The Morgan fingerprint density at radius 1 is 1.25 bits per heavy atom. The third-order valence-electron chi connectivity index (χ3n) is 3.43. The maximum absolute atomic E-state index is 5.68. The Labute approximate surface area is 97.8 Å². The van der Waals surface area contributed by atoms with Crippen LogP contribution in [-0.4, -0.2) is 42.5 Å². The molecule has 2 N–H and O–H groups in total. The molecule has 88 valence electrons. The van der Waals surface area contributed by atoms with Gasteiger partial charge in [-0.1, -0.05) is 12.1 Å². The van der Waals surface area contributed by atoms with E-state index < -0.39 is 0 Å². The summed E-state index contributed by atoms with van der Waals surface area (Å²) in [5.41, 5.74) is 7.88. The third-order valence-corrected chi connectivity index (χ3v) is 3.43. The summed E-state index contributed by atoms with van der Waals surface area (Å²) in [5, 5.41) is 0. The number of hydrogen-bond donors (Lipinski definition) is 1. The Kier molecular flexibility index (Phi) is 3.46. The minimum absolute atomic E-state index is 0.655. The second kappa shape index (κ2) is 4.85. The molecule has 1 aliphatic heterocycles. The van der Waals surface area contributed by atoms with Gasteiger partial charge in [-0.15, -0.1) is 0 Å². The largest absolute Gasteiger partial charge is 0.399 e. The van der Waals surface area contributed by atoms with E-state index in [0.29, 0.717) is 6.04 Å². The molecule has 0 aliphatic carbocycles. The number of piperazine rings is 1. The summed E-state index contributed by atoms with van der Waals surface area (Å²) < 4.78 is 0. The van der Waals surface area contributed by atoms with E-state index in [9.17, 15) is 0 Å². The van der Waals surface area contributed by atoms with Crippen molar-refractivity contribution >= 4 is 5.69 Å². The first-order valence-electron chi connectivity index (χ1n) is 5.92. The number of nitrogens with zero attached hydrogens (tertiary/aromatic N) is 2. The maximum atomic E-state index is 5.68. The summed E-state index contributed by atoms with van der Waals surface area (Å²) in [6.45, 7) is 6.80. The molecule has 1 heterocycles. The Morgan fingerprint density at radius 3 is 2.56 bits per heavy atom. The molecule has 1 aromatic rings. The number of likely N-dealkylation sites (N-methyl/N-ethyl adjacent to an activating group) is 1. The molecule has 0 bridgehead atoms. The second-order valence-corrected chi connectivity index (χ2v) is 4.81. The number of hydrogen-bond acceptors (Lipinski definition) is 3. The molecule has 3 nitrogen and oxygen atoms in total. The van der Waals surface area contributed by atoms with E-state index in [-0.39, 0.29) is 0 Å². The van der Waals surface area contributed by atoms with Crippen LogP contribution in [0.2, 0.25) is 0 Å². The molecule has 1 unspecified atom stereocenters. The van der Waals surface area contributed by atoms with E-state index in [0.717, 1.165) is 31.9 Å². The van der Waals surface area contributed by atoms with E-state index in [2.05, 4.69) is 35.9 Å². The van der Waals surface area contributed by atoms with Gasteiger partial charge in [0.1, 0.15) is 0 Å². The molecule has 0 aromatic heterocycles. The van der Waals surface area contributed by atoms with Crippen molar-refractivity contribution in [3.63, 3.8) is 0 Å². The van der Waals surface area contributed by atoms with Crippen molar-refractivity contribution in [3.8, 4) is 0 Å². The number of nitrogens with two attached hydrogens (primary N) is 1. The minimum atomic E-state index is 0.655. The first kappa shape index (κ1) is 11.4. The van der Waals surface area contributed by atoms with Gasteiger partial charge in [-0.3, -0.25) is 4.90 Å². The highest BCUT2D eigenvalue weighted by Gasteiger charge is 2.20. The van der Waals surface area contributed by atoms with Crippen LogP contribution in [0.3, 0.4) is 0 Å². The molecule has 0 radical (unpaired) electrons. The van der Waals surface area contributed by atoms with Crippen molar-refractivity contribution in [1.82, 2.24) is 9.80 Å². The lowest BCUT2D eigenvalue weighted by molar-refractivity contribution is 0.1000. The topological polar surface area (TPSA) is 32.5 Å². The average molecular weight is 219 g/mol. The van der Waals surface area contributed by atoms with Crippen LogP contribution in [0.1, 0.15) is 12.5 Å². The monoisotopic (exact) mass is 219 g/mol. The zero-order chi connectivity index (χ0) is 11.5. The smallest absolute Gasteiger partial charge is 0.0314 e. The molecular weight excluding hydrogens is 198 g/mol. The molecule has 1 saturated heterocycles. The molecule has 1 aliphatic rings. The molecule has 1 fully saturated rings. The standard InChI is InChI=1S/C13H21N3/c1-11-9-16(8-7-15(11)2)10-12-3-5-13(14)6-4-12/h3-6,11H,7-10,14H2,1-2H3. The fourth-order valence-corrected chi connectivity index (χ4v) is 2.15. The van der Waals surface area contributed by atoms with Crippen molar-refractivity contribution < 1.29 is 0 Å². The van der Waals surface area contributed by atoms with E-state index in [1.807, 2.05) is 12.1 Å². The highest BCUT2D eigenvalue weighted by molar-refractivity contribution is 5.39. The van der Waals surface area contributed by atoms with Crippen LogP contribution in [-0.2, 0) is 6.54 Å². The van der Waals surface area contributed by atoms with Gasteiger partial charge in [0.2, 0.25) is 0 Å². The second-order valence-electron chi connectivity index (χ2n) is 4.81. The van der Waals surface area contributed by atoms with Gasteiger partial charge in [-0.2, -0.15) is 0 Å². The zero-order valence-corrected chi connectivity index (χ0v) is 10.2. The highest BCUT2D eigenvalue weighted by Crippen LogP contribution is 2.12. The molecule has 0 saturated carbocycles. The molecule has 16 heavy (non-hydrogen) atoms.